The van der Waals surface area contributed by atoms with Crippen LogP contribution in [0.2, 0.25) is 0 Å². The van der Waals surface area contributed by atoms with Gasteiger partial charge in [0.25, 0.3) is 0 Å². The van der Waals surface area contributed by atoms with Crippen molar-refractivity contribution in [2.45, 2.75) is 32.7 Å². The Labute approximate surface area is 99.2 Å². The molecule has 0 aliphatic heterocycles. The van der Waals surface area contributed by atoms with E-state index in [4.69, 9.17) is 5.73 Å². The highest BCUT2D eigenvalue weighted by Crippen LogP contribution is 2.22. The third-order valence-corrected chi connectivity index (χ3v) is 3.27. The number of rotatable bonds is 6. The zero-order valence-electron chi connectivity index (χ0n) is 10.7. The Morgan fingerprint density at radius 3 is 2.25 bits per heavy atom. The number of hydrogen-bond donors (Lipinski definition) is 2. The van der Waals surface area contributed by atoms with Crippen LogP contribution >= 0.6 is 0 Å². The Kier molecular flexibility index (Phi) is 5.50. The van der Waals surface area contributed by atoms with E-state index in [1.165, 1.54) is 11.1 Å². The Balaban J connectivity index is 2.73. The molecule has 2 unspecified atom stereocenters. The van der Waals surface area contributed by atoms with E-state index in [1.807, 2.05) is 7.05 Å². The fourth-order valence-electron chi connectivity index (χ4n) is 2.04. The van der Waals surface area contributed by atoms with Crippen LogP contribution in [0.3, 0.4) is 0 Å². The first-order chi connectivity index (χ1) is 7.72. The Morgan fingerprint density at radius 1 is 1.19 bits per heavy atom. The lowest BCUT2D eigenvalue weighted by molar-refractivity contribution is 0.403. The monoisotopic (exact) mass is 220 g/mol. The van der Waals surface area contributed by atoms with Gasteiger partial charge in [0, 0.05) is 6.04 Å². The second-order valence-electron chi connectivity index (χ2n) is 4.35. The highest BCUT2D eigenvalue weighted by Gasteiger charge is 2.16. The number of aryl methyl sites for hydroxylation is 1. The van der Waals surface area contributed by atoms with Crippen LogP contribution in [-0.2, 0) is 6.42 Å². The lowest BCUT2D eigenvalue weighted by atomic mass is 9.91. The van der Waals surface area contributed by atoms with Crippen LogP contribution in [0.1, 0.15) is 37.4 Å². The van der Waals surface area contributed by atoms with Crippen molar-refractivity contribution in [3.63, 3.8) is 0 Å². The first-order valence-electron chi connectivity index (χ1n) is 6.21. The molecule has 3 N–H and O–H groups in total. The van der Waals surface area contributed by atoms with Gasteiger partial charge in [-0.25, -0.2) is 0 Å². The summed E-state index contributed by atoms with van der Waals surface area (Å²) in [6.07, 6.45) is 2.20. The van der Waals surface area contributed by atoms with Gasteiger partial charge in [0.05, 0.1) is 0 Å². The van der Waals surface area contributed by atoms with Gasteiger partial charge in [0.1, 0.15) is 0 Å². The van der Waals surface area contributed by atoms with Crippen LogP contribution in [0.5, 0.6) is 0 Å². The average molecular weight is 220 g/mol. The minimum Gasteiger partial charge on any atom is -0.324 e. The zero-order chi connectivity index (χ0) is 12.0. The Morgan fingerprint density at radius 2 is 1.81 bits per heavy atom. The number of nitrogens with two attached hydrogens (primary N) is 1. The van der Waals surface area contributed by atoms with E-state index in [2.05, 4.69) is 43.4 Å². The maximum Gasteiger partial charge on any atom is 0.0335 e. The topological polar surface area (TPSA) is 38.0 Å². The predicted octanol–water partition coefficient (Wildman–Crippen LogP) is 2.49. The van der Waals surface area contributed by atoms with E-state index in [9.17, 15) is 0 Å². The van der Waals surface area contributed by atoms with Crippen molar-refractivity contribution < 1.29 is 0 Å². The molecule has 1 aromatic rings. The minimum absolute atomic E-state index is 0.142. The summed E-state index contributed by atoms with van der Waals surface area (Å²) >= 11 is 0. The molecule has 0 amide bonds. The zero-order valence-corrected chi connectivity index (χ0v) is 10.7. The van der Waals surface area contributed by atoms with Crippen molar-refractivity contribution in [1.82, 2.24) is 5.32 Å². The molecule has 0 spiro atoms. The largest absolute Gasteiger partial charge is 0.324 e. The Hall–Kier alpha value is -0.860. The van der Waals surface area contributed by atoms with Crippen LogP contribution < -0.4 is 11.1 Å². The first-order valence-corrected chi connectivity index (χ1v) is 6.21. The van der Waals surface area contributed by atoms with E-state index >= 15 is 0 Å². The molecule has 2 atom stereocenters. The van der Waals surface area contributed by atoms with Gasteiger partial charge in [-0.2, -0.15) is 0 Å². The van der Waals surface area contributed by atoms with E-state index in [0.717, 1.165) is 19.4 Å². The summed E-state index contributed by atoms with van der Waals surface area (Å²) in [5.41, 5.74) is 8.91. The van der Waals surface area contributed by atoms with Gasteiger partial charge >= 0.3 is 0 Å². The summed E-state index contributed by atoms with van der Waals surface area (Å²) in [6, 6.07) is 8.84. The van der Waals surface area contributed by atoms with Crippen molar-refractivity contribution in [1.29, 1.82) is 0 Å². The van der Waals surface area contributed by atoms with Gasteiger partial charge in [0.2, 0.25) is 0 Å². The fourth-order valence-corrected chi connectivity index (χ4v) is 2.04. The van der Waals surface area contributed by atoms with Crippen molar-refractivity contribution in [2.75, 3.05) is 13.6 Å². The summed E-state index contributed by atoms with van der Waals surface area (Å²) < 4.78 is 0. The lowest BCUT2D eigenvalue weighted by Crippen LogP contribution is -2.29. The molecular formula is C14H24N2. The second-order valence-corrected chi connectivity index (χ2v) is 4.35. The molecule has 0 aliphatic carbocycles. The summed E-state index contributed by atoms with van der Waals surface area (Å²) in [5, 5.41) is 3.21. The molecule has 0 saturated carbocycles. The van der Waals surface area contributed by atoms with Crippen LogP contribution in [0.15, 0.2) is 24.3 Å². The van der Waals surface area contributed by atoms with E-state index in [0.29, 0.717) is 5.92 Å². The quantitative estimate of drug-likeness (QED) is 0.773. The molecule has 16 heavy (non-hydrogen) atoms. The summed E-state index contributed by atoms with van der Waals surface area (Å²) in [7, 11) is 1.98. The van der Waals surface area contributed by atoms with E-state index in [1.54, 1.807) is 0 Å². The Bertz CT molecular complexity index is 292. The predicted molar refractivity (Wildman–Crippen MR) is 70.5 cm³/mol. The number of nitrogens with one attached hydrogen (secondary N) is 1. The van der Waals surface area contributed by atoms with Gasteiger partial charge in [0.15, 0.2) is 0 Å². The van der Waals surface area contributed by atoms with Crippen LogP contribution in [-0.4, -0.2) is 13.6 Å². The SMILES string of the molecule is CCc1ccc(C(N)C(CC)CNC)cc1. The molecule has 0 saturated heterocycles. The molecule has 0 radical (unpaired) electrons. The van der Waals surface area contributed by atoms with Gasteiger partial charge in [-0.3, -0.25) is 0 Å². The molecule has 0 aromatic heterocycles. The molecule has 0 fully saturated rings. The maximum absolute atomic E-state index is 6.29. The third-order valence-electron chi connectivity index (χ3n) is 3.27. The van der Waals surface area contributed by atoms with E-state index < -0.39 is 0 Å². The molecule has 1 aromatic carbocycles. The van der Waals surface area contributed by atoms with Gasteiger partial charge in [-0.15, -0.1) is 0 Å². The van der Waals surface area contributed by atoms with Crippen LogP contribution in [0.25, 0.3) is 0 Å². The highest BCUT2D eigenvalue weighted by molar-refractivity contribution is 5.25. The molecule has 1 rings (SSSR count). The smallest absolute Gasteiger partial charge is 0.0335 e. The second kappa shape index (κ2) is 6.66. The van der Waals surface area contributed by atoms with Gasteiger partial charge in [-0.1, -0.05) is 44.5 Å². The molecule has 90 valence electrons. The molecule has 2 heteroatoms. The van der Waals surface area contributed by atoms with Crippen molar-refractivity contribution in [3.8, 4) is 0 Å². The number of benzene rings is 1. The van der Waals surface area contributed by atoms with E-state index in [-0.39, 0.29) is 6.04 Å². The highest BCUT2D eigenvalue weighted by atomic mass is 14.8. The van der Waals surface area contributed by atoms with Crippen LogP contribution in [0, 0.1) is 5.92 Å². The number of hydrogen-bond acceptors (Lipinski definition) is 2. The summed E-state index contributed by atoms with van der Waals surface area (Å²) in [6.45, 7) is 5.35. The van der Waals surface area contributed by atoms with Crippen molar-refractivity contribution in [3.05, 3.63) is 35.4 Å². The van der Waals surface area contributed by atoms with Crippen molar-refractivity contribution >= 4 is 0 Å². The molecule has 0 aliphatic rings. The molecular weight excluding hydrogens is 196 g/mol. The average Bonchev–Trinajstić information content (AvgIpc) is 2.35. The molecule has 2 nitrogen and oxygen atoms in total. The first kappa shape index (κ1) is 13.2. The normalized spacial score (nSPS) is 14.8. The lowest BCUT2D eigenvalue weighted by Gasteiger charge is -2.22. The molecule has 0 bridgehead atoms. The van der Waals surface area contributed by atoms with Gasteiger partial charge in [-0.05, 0) is 37.1 Å². The summed E-state index contributed by atoms with van der Waals surface area (Å²) in [5.74, 6) is 0.512. The van der Waals surface area contributed by atoms with Crippen LogP contribution in [0.4, 0.5) is 0 Å². The third kappa shape index (κ3) is 3.32. The fraction of sp³-hybridized carbons (Fsp3) is 0.571. The van der Waals surface area contributed by atoms with Gasteiger partial charge < -0.3 is 11.1 Å². The maximum atomic E-state index is 6.29. The summed E-state index contributed by atoms with van der Waals surface area (Å²) in [4.78, 5) is 0. The standard InChI is InChI=1S/C14H24N2/c1-4-11-6-8-13(9-7-11)14(15)12(5-2)10-16-3/h6-9,12,14,16H,4-5,10,15H2,1-3H3. The van der Waals surface area contributed by atoms with Crippen molar-refractivity contribution in [2.24, 2.45) is 11.7 Å². The molecule has 0 heterocycles. The minimum atomic E-state index is 0.142.